The fourth-order valence-corrected chi connectivity index (χ4v) is 4.69. The van der Waals surface area contributed by atoms with Gasteiger partial charge in [-0.2, -0.15) is 13.2 Å². The molecule has 0 bridgehead atoms. The number of benzene rings is 3. The van der Waals surface area contributed by atoms with E-state index in [1.807, 2.05) is 48.3 Å². The second kappa shape index (κ2) is 11.5. The van der Waals surface area contributed by atoms with E-state index < -0.39 is 17.6 Å². The summed E-state index contributed by atoms with van der Waals surface area (Å²) in [7, 11) is 3.60. The number of alkyl halides is 3. The molecule has 2 N–H and O–H groups in total. The van der Waals surface area contributed by atoms with Gasteiger partial charge in [-0.15, -0.1) is 0 Å². The molecule has 0 saturated carbocycles. The van der Waals surface area contributed by atoms with Gasteiger partial charge >= 0.3 is 6.18 Å². The summed E-state index contributed by atoms with van der Waals surface area (Å²) in [4.78, 5) is 21.7. The van der Waals surface area contributed by atoms with Gasteiger partial charge < -0.3 is 20.3 Å². The molecule has 1 fully saturated rings. The SMILES string of the molecule is COc1ccc2nc(Nc3cccc(NC(=O)c4ccc(CN5CCN(C)CC5)c(C(F)(F)F)c4)c3)ccc2c1. The molecule has 10 heteroatoms. The first-order valence-electron chi connectivity index (χ1n) is 12.9. The number of ether oxygens (including phenoxy) is 1. The predicted octanol–water partition coefficient (Wildman–Crippen LogP) is 6.01. The fraction of sp³-hybridized carbons (Fsp3) is 0.267. The van der Waals surface area contributed by atoms with Gasteiger partial charge in [-0.05, 0) is 73.3 Å². The molecule has 1 aliphatic rings. The molecule has 2 heterocycles. The summed E-state index contributed by atoms with van der Waals surface area (Å²) < 4.78 is 47.1. The lowest BCUT2D eigenvalue weighted by Gasteiger charge is -2.33. The van der Waals surface area contributed by atoms with Crippen molar-refractivity contribution in [1.29, 1.82) is 0 Å². The van der Waals surface area contributed by atoms with E-state index in [9.17, 15) is 18.0 Å². The number of carbonyl (C=O) groups is 1. The molecule has 1 aliphatic heterocycles. The zero-order chi connectivity index (χ0) is 28.3. The maximum Gasteiger partial charge on any atom is 0.416 e. The molecular formula is C30H30F3N5O2. The number of amides is 1. The first-order valence-corrected chi connectivity index (χ1v) is 12.9. The number of hydrogen-bond donors (Lipinski definition) is 2. The second-order valence-electron chi connectivity index (χ2n) is 9.86. The number of fused-ring (bicyclic) bond motifs is 1. The Labute approximate surface area is 230 Å². The number of likely N-dealkylation sites (N-methyl/N-ethyl adjacent to an activating group) is 1. The highest BCUT2D eigenvalue weighted by Crippen LogP contribution is 2.34. The molecule has 1 aromatic heterocycles. The van der Waals surface area contributed by atoms with Crippen LogP contribution >= 0.6 is 0 Å². The van der Waals surface area contributed by atoms with Gasteiger partial charge in [0.05, 0.1) is 18.2 Å². The van der Waals surface area contributed by atoms with Crippen LogP contribution in [0.2, 0.25) is 0 Å². The van der Waals surface area contributed by atoms with Gasteiger partial charge in [0.25, 0.3) is 5.91 Å². The van der Waals surface area contributed by atoms with Crippen LogP contribution in [0, 0.1) is 0 Å². The minimum atomic E-state index is -4.57. The van der Waals surface area contributed by atoms with E-state index >= 15 is 0 Å². The van der Waals surface area contributed by atoms with Crippen LogP contribution < -0.4 is 15.4 Å². The minimum absolute atomic E-state index is 0.0561. The predicted molar refractivity (Wildman–Crippen MR) is 150 cm³/mol. The third kappa shape index (κ3) is 6.52. The lowest BCUT2D eigenvalue weighted by molar-refractivity contribution is -0.138. The Kier molecular flexibility index (Phi) is 7.90. The molecule has 5 rings (SSSR count). The second-order valence-corrected chi connectivity index (χ2v) is 9.86. The quantitative estimate of drug-likeness (QED) is 0.295. The van der Waals surface area contributed by atoms with Crippen molar-refractivity contribution in [3.8, 4) is 5.75 Å². The molecule has 7 nitrogen and oxygen atoms in total. The highest BCUT2D eigenvalue weighted by molar-refractivity contribution is 6.04. The summed E-state index contributed by atoms with van der Waals surface area (Å²) in [6, 6.07) is 20.1. The van der Waals surface area contributed by atoms with Gasteiger partial charge in [-0.3, -0.25) is 9.69 Å². The molecule has 0 aliphatic carbocycles. The number of aromatic nitrogens is 1. The average molecular weight is 550 g/mol. The fourth-order valence-electron chi connectivity index (χ4n) is 4.69. The topological polar surface area (TPSA) is 69.7 Å². The molecule has 0 unspecified atom stereocenters. The van der Waals surface area contributed by atoms with Crippen LogP contribution in [0.15, 0.2) is 72.8 Å². The summed E-state index contributed by atoms with van der Waals surface area (Å²) in [5.74, 6) is 0.726. The maximum atomic E-state index is 14.0. The first-order chi connectivity index (χ1) is 19.2. The summed E-state index contributed by atoms with van der Waals surface area (Å²) in [6.45, 7) is 3.20. The number of pyridine rings is 1. The number of methoxy groups -OCH3 is 1. The Bertz CT molecular complexity index is 1520. The van der Waals surface area contributed by atoms with Crippen LogP contribution in [-0.4, -0.2) is 61.0 Å². The Balaban J connectivity index is 1.30. The Morgan fingerprint density at radius 2 is 1.73 bits per heavy atom. The summed E-state index contributed by atoms with van der Waals surface area (Å²) in [5, 5.41) is 6.85. The van der Waals surface area contributed by atoms with Crippen molar-refractivity contribution >= 4 is 34.0 Å². The van der Waals surface area contributed by atoms with Crippen molar-refractivity contribution in [3.05, 3.63) is 89.5 Å². The summed E-state index contributed by atoms with van der Waals surface area (Å²) in [5.41, 5.74) is 1.22. The van der Waals surface area contributed by atoms with Crippen molar-refractivity contribution in [3.63, 3.8) is 0 Å². The smallest absolute Gasteiger partial charge is 0.416 e. The lowest BCUT2D eigenvalue weighted by Crippen LogP contribution is -2.44. The molecule has 4 aromatic rings. The van der Waals surface area contributed by atoms with E-state index in [0.717, 1.165) is 35.8 Å². The van der Waals surface area contributed by atoms with Gasteiger partial charge in [0.2, 0.25) is 0 Å². The van der Waals surface area contributed by atoms with Gasteiger partial charge in [0.15, 0.2) is 0 Å². The average Bonchev–Trinajstić information content (AvgIpc) is 2.93. The van der Waals surface area contributed by atoms with E-state index in [2.05, 4.69) is 20.5 Å². The van der Waals surface area contributed by atoms with Gasteiger partial charge in [0.1, 0.15) is 11.6 Å². The standard InChI is InChI=1S/C30H30F3N5O2/c1-37-12-14-38(15-13-37)19-22-7-6-21(17-26(22)30(31,32)33)29(39)35-24-5-3-4-23(18-24)34-28-11-8-20-16-25(40-2)9-10-27(20)36-28/h3-11,16-18H,12-15,19H2,1-2H3,(H,34,36)(H,35,39). The zero-order valence-electron chi connectivity index (χ0n) is 22.3. The van der Waals surface area contributed by atoms with Crippen LogP contribution in [-0.2, 0) is 12.7 Å². The number of nitrogens with zero attached hydrogens (tertiary/aromatic N) is 3. The molecule has 3 aromatic carbocycles. The van der Waals surface area contributed by atoms with Crippen molar-refractivity contribution in [2.75, 3.05) is 51.0 Å². The highest BCUT2D eigenvalue weighted by atomic mass is 19.4. The van der Waals surface area contributed by atoms with Crippen molar-refractivity contribution < 1.29 is 22.7 Å². The van der Waals surface area contributed by atoms with E-state index in [0.29, 0.717) is 30.3 Å². The number of nitrogens with one attached hydrogen (secondary N) is 2. The number of rotatable bonds is 7. The van der Waals surface area contributed by atoms with Crippen LogP contribution in [0.1, 0.15) is 21.5 Å². The largest absolute Gasteiger partial charge is 0.497 e. The number of hydrogen-bond acceptors (Lipinski definition) is 6. The molecule has 0 atom stereocenters. The molecule has 40 heavy (non-hydrogen) atoms. The monoisotopic (exact) mass is 549 g/mol. The normalized spacial score (nSPS) is 14.7. The number of halogens is 3. The molecule has 0 spiro atoms. The van der Waals surface area contributed by atoms with E-state index in [-0.39, 0.29) is 17.7 Å². The molecule has 208 valence electrons. The Morgan fingerprint density at radius 1 is 0.950 bits per heavy atom. The van der Waals surface area contributed by atoms with Crippen molar-refractivity contribution in [1.82, 2.24) is 14.8 Å². The summed E-state index contributed by atoms with van der Waals surface area (Å²) in [6.07, 6.45) is -4.57. The van der Waals surface area contributed by atoms with Crippen LogP contribution in [0.3, 0.4) is 0 Å². The van der Waals surface area contributed by atoms with Gasteiger partial charge in [0, 0.05) is 55.0 Å². The van der Waals surface area contributed by atoms with Crippen LogP contribution in [0.4, 0.5) is 30.4 Å². The van der Waals surface area contributed by atoms with Gasteiger partial charge in [-0.25, -0.2) is 4.98 Å². The molecule has 1 saturated heterocycles. The van der Waals surface area contributed by atoms with Crippen LogP contribution in [0.5, 0.6) is 5.75 Å². The molecular weight excluding hydrogens is 519 g/mol. The lowest BCUT2D eigenvalue weighted by atomic mass is 10.0. The van der Waals surface area contributed by atoms with Crippen molar-refractivity contribution in [2.45, 2.75) is 12.7 Å². The van der Waals surface area contributed by atoms with Gasteiger partial charge in [-0.1, -0.05) is 12.1 Å². The third-order valence-corrected chi connectivity index (χ3v) is 6.96. The number of piperazine rings is 1. The minimum Gasteiger partial charge on any atom is -0.497 e. The highest BCUT2D eigenvalue weighted by Gasteiger charge is 2.34. The van der Waals surface area contributed by atoms with E-state index in [4.69, 9.17) is 4.74 Å². The number of carbonyl (C=O) groups excluding carboxylic acids is 1. The molecule has 0 radical (unpaired) electrons. The Hall–Kier alpha value is -4.15. The van der Waals surface area contributed by atoms with Crippen LogP contribution in [0.25, 0.3) is 10.9 Å². The molecule has 1 amide bonds. The number of anilines is 3. The first kappa shape index (κ1) is 27.4. The van der Waals surface area contributed by atoms with E-state index in [1.165, 1.54) is 12.1 Å². The maximum absolute atomic E-state index is 14.0. The zero-order valence-corrected chi connectivity index (χ0v) is 22.3. The summed E-state index contributed by atoms with van der Waals surface area (Å²) >= 11 is 0. The van der Waals surface area contributed by atoms with Crippen molar-refractivity contribution in [2.24, 2.45) is 0 Å². The third-order valence-electron chi connectivity index (χ3n) is 6.96. The Morgan fingerprint density at radius 3 is 2.48 bits per heavy atom. The van der Waals surface area contributed by atoms with E-state index in [1.54, 1.807) is 25.3 Å².